The zero-order valence-corrected chi connectivity index (χ0v) is 19.0. The Morgan fingerprint density at radius 3 is 2.77 bits per heavy atom. The number of rotatable bonds is 2. The van der Waals surface area contributed by atoms with Crippen molar-refractivity contribution in [3.8, 4) is 5.75 Å². The zero-order valence-electron chi connectivity index (χ0n) is 19.0. The molecule has 4 aliphatic rings. The fraction of sp³-hybridized carbons (Fsp3) is 0.692. The van der Waals surface area contributed by atoms with E-state index in [9.17, 15) is 4.79 Å². The second kappa shape index (κ2) is 7.10. The van der Waals surface area contributed by atoms with E-state index in [0.29, 0.717) is 12.0 Å². The molecule has 162 valence electrons. The molecular weight excluding hydrogens is 372 g/mol. The number of aromatic nitrogens is 1. The summed E-state index contributed by atoms with van der Waals surface area (Å²) in [5, 5.41) is 0. The molecule has 6 atom stereocenters. The van der Waals surface area contributed by atoms with Crippen molar-refractivity contribution in [1.29, 1.82) is 0 Å². The van der Waals surface area contributed by atoms with Gasteiger partial charge < -0.3 is 9.64 Å². The van der Waals surface area contributed by atoms with Crippen molar-refractivity contribution in [2.75, 3.05) is 13.7 Å². The van der Waals surface area contributed by atoms with Crippen LogP contribution in [0.1, 0.15) is 71.3 Å². The van der Waals surface area contributed by atoms with Gasteiger partial charge in [-0.3, -0.25) is 9.78 Å². The van der Waals surface area contributed by atoms with Gasteiger partial charge in [0.2, 0.25) is 5.91 Å². The second-order valence-corrected chi connectivity index (χ2v) is 10.7. The quantitative estimate of drug-likeness (QED) is 0.664. The largest absolute Gasteiger partial charge is 0.495 e. The number of methoxy groups -OCH3 is 1. The molecule has 4 heteroatoms. The smallest absolute Gasteiger partial charge is 0.219 e. The minimum atomic E-state index is 0.230. The van der Waals surface area contributed by atoms with Crippen molar-refractivity contribution in [1.82, 2.24) is 9.88 Å². The molecule has 1 amide bonds. The van der Waals surface area contributed by atoms with Gasteiger partial charge in [0.1, 0.15) is 5.75 Å². The minimum Gasteiger partial charge on any atom is -0.495 e. The van der Waals surface area contributed by atoms with Gasteiger partial charge in [0.05, 0.1) is 13.3 Å². The first-order chi connectivity index (χ1) is 14.4. The summed E-state index contributed by atoms with van der Waals surface area (Å²) < 4.78 is 5.45. The molecule has 3 aliphatic carbocycles. The molecular formula is C26H36N2O2. The number of carbonyl (C=O) groups is 1. The molecule has 0 aromatic carbocycles. The summed E-state index contributed by atoms with van der Waals surface area (Å²) in [5.41, 5.74) is 3.23. The maximum Gasteiger partial charge on any atom is 0.219 e. The Balaban J connectivity index is 1.44. The lowest BCUT2D eigenvalue weighted by Gasteiger charge is -2.62. The number of ether oxygens (including phenoxy) is 1. The van der Waals surface area contributed by atoms with E-state index in [0.717, 1.165) is 30.6 Å². The monoisotopic (exact) mass is 408 g/mol. The van der Waals surface area contributed by atoms with Crippen LogP contribution in [0.5, 0.6) is 5.75 Å². The second-order valence-electron chi connectivity index (χ2n) is 10.7. The molecule has 2 heterocycles. The molecule has 5 rings (SSSR count). The van der Waals surface area contributed by atoms with Crippen LogP contribution in [-0.4, -0.2) is 35.5 Å². The van der Waals surface area contributed by atoms with Gasteiger partial charge in [-0.25, -0.2) is 0 Å². The SMILES string of the molecule is COc1cncc(C2=CC[C@H]3[C@@H]4CCC5N(C(C)=O)CCC[C@]5(C)[C@H]4CC[C@]23C)c1. The summed E-state index contributed by atoms with van der Waals surface area (Å²) in [4.78, 5) is 19.0. The number of likely N-dealkylation sites (tertiary alicyclic amines) is 1. The van der Waals surface area contributed by atoms with Gasteiger partial charge in [-0.05, 0) is 90.7 Å². The first kappa shape index (κ1) is 20.1. The normalized spacial score (nSPS) is 40.1. The van der Waals surface area contributed by atoms with Gasteiger partial charge in [-0.15, -0.1) is 0 Å². The number of fused-ring (bicyclic) bond motifs is 5. The first-order valence-corrected chi connectivity index (χ1v) is 11.9. The Kier molecular flexibility index (Phi) is 4.75. The molecule has 1 aliphatic heterocycles. The molecule has 1 aromatic rings. The molecule has 4 nitrogen and oxygen atoms in total. The van der Waals surface area contributed by atoms with Crippen molar-refractivity contribution in [2.24, 2.45) is 28.6 Å². The third-order valence-corrected chi connectivity index (χ3v) is 9.55. The minimum absolute atomic E-state index is 0.230. The van der Waals surface area contributed by atoms with Crippen LogP contribution in [0.2, 0.25) is 0 Å². The van der Waals surface area contributed by atoms with Crippen LogP contribution in [0.15, 0.2) is 24.5 Å². The Morgan fingerprint density at radius 2 is 2.00 bits per heavy atom. The summed E-state index contributed by atoms with van der Waals surface area (Å²) in [7, 11) is 1.72. The number of amides is 1. The van der Waals surface area contributed by atoms with E-state index in [4.69, 9.17) is 4.74 Å². The first-order valence-electron chi connectivity index (χ1n) is 11.9. The Hall–Kier alpha value is -1.84. The topological polar surface area (TPSA) is 42.4 Å². The number of carbonyl (C=O) groups excluding carboxylic acids is 1. The average molecular weight is 409 g/mol. The maximum absolute atomic E-state index is 12.3. The summed E-state index contributed by atoms with van der Waals surface area (Å²) in [6.45, 7) is 7.75. The lowest BCUT2D eigenvalue weighted by Crippen LogP contribution is -2.61. The van der Waals surface area contributed by atoms with Crippen LogP contribution in [-0.2, 0) is 4.79 Å². The Bertz CT molecular complexity index is 880. The number of hydrogen-bond acceptors (Lipinski definition) is 3. The molecule has 1 aromatic heterocycles. The van der Waals surface area contributed by atoms with Crippen molar-refractivity contribution >= 4 is 11.5 Å². The molecule has 0 N–H and O–H groups in total. The van der Waals surface area contributed by atoms with Gasteiger partial charge in [-0.1, -0.05) is 19.9 Å². The predicted octanol–water partition coefficient (Wildman–Crippen LogP) is 5.34. The average Bonchev–Trinajstić information content (AvgIpc) is 3.10. The molecule has 1 saturated heterocycles. The Labute approximate surface area is 181 Å². The van der Waals surface area contributed by atoms with Crippen LogP contribution in [0.4, 0.5) is 0 Å². The highest BCUT2D eigenvalue weighted by atomic mass is 16.5. The van der Waals surface area contributed by atoms with Gasteiger partial charge in [0.25, 0.3) is 0 Å². The van der Waals surface area contributed by atoms with Crippen LogP contribution in [0, 0.1) is 28.6 Å². The standard InChI is InChI=1S/C26H36N2O2/c1-17(29)28-13-5-11-26(3)23-10-12-25(2)21(18-14-19(30-4)16-27-15-18)7-8-22(25)20(23)6-9-24(26)28/h7,14-16,20,22-24H,5-6,8-13H2,1-4H3/t20-,22-,23-,24?,25+,26+/m0/s1. The van der Waals surface area contributed by atoms with E-state index in [1.54, 1.807) is 20.2 Å². The molecule has 1 unspecified atom stereocenters. The highest BCUT2D eigenvalue weighted by Gasteiger charge is 2.59. The molecule has 0 radical (unpaired) electrons. The summed E-state index contributed by atoms with van der Waals surface area (Å²) >= 11 is 0. The van der Waals surface area contributed by atoms with Crippen LogP contribution in [0.25, 0.3) is 5.57 Å². The van der Waals surface area contributed by atoms with E-state index in [2.05, 4.69) is 35.9 Å². The fourth-order valence-corrected chi connectivity index (χ4v) is 8.16. The highest BCUT2D eigenvalue weighted by Crippen LogP contribution is 2.66. The van der Waals surface area contributed by atoms with Gasteiger partial charge >= 0.3 is 0 Å². The van der Waals surface area contributed by atoms with Gasteiger partial charge in [0, 0.05) is 25.7 Å². The molecule has 2 saturated carbocycles. The van der Waals surface area contributed by atoms with Crippen molar-refractivity contribution in [2.45, 2.75) is 71.8 Å². The number of hydrogen-bond donors (Lipinski definition) is 0. The Morgan fingerprint density at radius 1 is 1.17 bits per heavy atom. The molecule has 0 spiro atoms. The summed E-state index contributed by atoms with van der Waals surface area (Å²) in [6, 6.07) is 2.61. The number of nitrogens with zero attached hydrogens (tertiary/aromatic N) is 2. The lowest BCUT2D eigenvalue weighted by molar-refractivity contribution is -0.151. The van der Waals surface area contributed by atoms with E-state index < -0.39 is 0 Å². The fourth-order valence-electron chi connectivity index (χ4n) is 8.16. The third kappa shape index (κ3) is 2.78. The third-order valence-electron chi connectivity index (χ3n) is 9.55. The number of pyridine rings is 1. The van der Waals surface area contributed by atoms with Crippen LogP contribution < -0.4 is 4.74 Å². The maximum atomic E-state index is 12.3. The highest BCUT2D eigenvalue weighted by molar-refractivity contribution is 5.74. The van der Waals surface area contributed by atoms with E-state index in [1.165, 1.54) is 49.7 Å². The molecule has 3 fully saturated rings. The van der Waals surface area contributed by atoms with Crippen molar-refractivity contribution < 1.29 is 9.53 Å². The summed E-state index contributed by atoms with van der Waals surface area (Å²) in [5.74, 6) is 3.34. The number of allylic oxidation sites excluding steroid dienone is 2. The predicted molar refractivity (Wildman–Crippen MR) is 119 cm³/mol. The van der Waals surface area contributed by atoms with Gasteiger partial charge in [-0.2, -0.15) is 0 Å². The van der Waals surface area contributed by atoms with Crippen LogP contribution >= 0.6 is 0 Å². The molecule has 0 bridgehead atoms. The van der Waals surface area contributed by atoms with E-state index in [1.807, 2.05) is 6.20 Å². The molecule has 30 heavy (non-hydrogen) atoms. The summed E-state index contributed by atoms with van der Waals surface area (Å²) in [6.07, 6.45) is 14.9. The van der Waals surface area contributed by atoms with Gasteiger partial charge in [0.15, 0.2) is 0 Å². The van der Waals surface area contributed by atoms with E-state index in [-0.39, 0.29) is 16.7 Å². The lowest BCUT2D eigenvalue weighted by atomic mass is 9.46. The van der Waals surface area contributed by atoms with E-state index >= 15 is 0 Å². The number of piperidine rings is 1. The van der Waals surface area contributed by atoms with Crippen LogP contribution in [0.3, 0.4) is 0 Å². The van der Waals surface area contributed by atoms with Crippen molar-refractivity contribution in [3.05, 3.63) is 30.1 Å². The van der Waals surface area contributed by atoms with Crippen molar-refractivity contribution in [3.63, 3.8) is 0 Å². The zero-order chi connectivity index (χ0) is 21.1.